The molecule has 2 saturated carbocycles. The van der Waals surface area contributed by atoms with Crippen molar-refractivity contribution in [1.82, 2.24) is 5.32 Å². The number of amides is 1. The van der Waals surface area contributed by atoms with Gasteiger partial charge in [-0.05, 0) is 25.7 Å². The Balaban J connectivity index is 1.96. The molecule has 1 amide bonds. The van der Waals surface area contributed by atoms with E-state index in [0.29, 0.717) is 12.8 Å². The number of carbonyl (C=O) groups excluding carboxylic acids is 1. The summed E-state index contributed by atoms with van der Waals surface area (Å²) in [6, 6.07) is 0. The Hall–Kier alpha value is -1.06. The van der Waals surface area contributed by atoms with Gasteiger partial charge in [-0.3, -0.25) is 4.79 Å². The maximum atomic E-state index is 12.4. The Labute approximate surface area is 115 Å². The Kier molecular flexibility index (Phi) is 4.83. The molecule has 0 aliphatic heterocycles. The lowest BCUT2D eigenvalue weighted by Crippen LogP contribution is -2.54. The Morgan fingerprint density at radius 2 is 1.42 bits per heavy atom. The van der Waals surface area contributed by atoms with E-state index in [2.05, 4.69) is 5.32 Å². The van der Waals surface area contributed by atoms with Crippen molar-refractivity contribution < 1.29 is 14.7 Å². The van der Waals surface area contributed by atoms with Crippen LogP contribution in [-0.4, -0.2) is 22.5 Å². The standard InChI is InChI=1S/C15H25NO3/c17-13(12-8-4-2-1-3-5-9-12)16-15(14(18)19)10-6-7-11-15/h12H,1-11H2,(H,16,17)(H,18,19). The molecule has 4 nitrogen and oxygen atoms in total. The number of carboxylic acids is 1. The SMILES string of the molecule is O=C(NC1(C(=O)O)CCCC1)C1CCCCCCC1. The molecule has 2 N–H and O–H groups in total. The van der Waals surface area contributed by atoms with Crippen LogP contribution < -0.4 is 5.32 Å². The second kappa shape index (κ2) is 6.40. The van der Waals surface area contributed by atoms with Crippen molar-refractivity contribution in [3.8, 4) is 0 Å². The van der Waals surface area contributed by atoms with Crippen LogP contribution in [0, 0.1) is 5.92 Å². The first-order chi connectivity index (χ1) is 9.14. The summed E-state index contributed by atoms with van der Waals surface area (Å²) in [6.07, 6.45) is 10.7. The second-order valence-corrected chi connectivity index (χ2v) is 6.13. The average molecular weight is 267 g/mol. The smallest absolute Gasteiger partial charge is 0.329 e. The van der Waals surface area contributed by atoms with Crippen LogP contribution in [0.4, 0.5) is 0 Å². The molecule has 0 saturated heterocycles. The van der Waals surface area contributed by atoms with E-state index in [1.54, 1.807) is 0 Å². The summed E-state index contributed by atoms with van der Waals surface area (Å²) >= 11 is 0. The van der Waals surface area contributed by atoms with Gasteiger partial charge in [0.05, 0.1) is 0 Å². The molecule has 2 fully saturated rings. The molecule has 108 valence electrons. The highest BCUT2D eigenvalue weighted by atomic mass is 16.4. The average Bonchev–Trinajstić information content (AvgIpc) is 2.78. The molecule has 4 heteroatoms. The van der Waals surface area contributed by atoms with Crippen molar-refractivity contribution in [2.24, 2.45) is 5.92 Å². The van der Waals surface area contributed by atoms with Crippen LogP contribution in [0.25, 0.3) is 0 Å². The normalized spacial score (nSPS) is 24.4. The van der Waals surface area contributed by atoms with E-state index in [4.69, 9.17) is 0 Å². The summed E-state index contributed by atoms with van der Waals surface area (Å²) in [7, 11) is 0. The lowest BCUT2D eigenvalue weighted by Gasteiger charge is -2.28. The molecule has 0 aromatic rings. The molecule has 19 heavy (non-hydrogen) atoms. The van der Waals surface area contributed by atoms with Crippen molar-refractivity contribution in [3.05, 3.63) is 0 Å². The van der Waals surface area contributed by atoms with E-state index < -0.39 is 11.5 Å². The van der Waals surface area contributed by atoms with Gasteiger partial charge in [-0.2, -0.15) is 0 Å². The van der Waals surface area contributed by atoms with Gasteiger partial charge in [0.1, 0.15) is 5.54 Å². The predicted molar refractivity (Wildman–Crippen MR) is 72.8 cm³/mol. The summed E-state index contributed by atoms with van der Waals surface area (Å²) in [5.41, 5.74) is -0.973. The quantitative estimate of drug-likeness (QED) is 0.826. The van der Waals surface area contributed by atoms with Crippen molar-refractivity contribution >= 4 is 11.9 Å². The van der Waals surface area contributed by atoms with E-state index >= 15 is 0 Å². The fraction of sp³-hybridized carbons (Fsp3) is 0.867. The topological polar surface area (TPSA) is 66.4 Å². The monoisotopic (exact) mass is 267 g/mol. The Bertz CT molecular complexity index is 326. The number of nitrogens with one attached hydrogen (secondary N) is 1. The number of carbonyl (C=O) groups is 2. The fourth-order valence-electron chi connectivity index (χ4n) is 3.43. The van der Waals surface area contributed by atoms with Crippen LogP contribution in [0.1, 0.15) is 70.6 Å². The first kappa shape index (κ1) is 14.4. The largest absolute Gasteiger partial charge is 0.480 e. The number of carboxylic acid groups (broad SMARTS) is 1. The van der Waals surface area contributed by atoms with E-state index in [-0.39, 0.29) is 11.8 Å². The molecule has 0 aromatic carbocycles. The molecule has 0 radical (unpaired) electrons. The van der Waals surface area contributed by atoms with E-state index in [1.165, 1.54) is 19.3 Å². The van der Waals surface area contributed by atoms with Gasteiger partial charge >= 0.3 is 5.97 Å². The van der Waals surface area contributed by atoms with Gasteiger partial charge in [0.2, 0.25) is 5.91 Å². The first-order valence-corrected chi connectivity index (χ1v) is 7.69. The molecule has 2 rings (SSSR count). The number of hydrogen-bond acceptors (Lipinski definition) is 2. The van der Waals surface area contributed by atoms with Crippen LogP contribution in [0.3, 0.4) is 0 Å². The van der Waals surface area contributed by atoms with E-state index in [9.17, 15) is 14.7 Å². The van der Waals surface area contributed by atoms with Crippen LogP contribution in [0.5, 0.6) is 0 Å². The van der Waals surface area contributed by atoms with Gasteiger partial charge in [-0.1, -0.05) is 44.9 Å². The fourth-order valence-corrected chi connectivity index (χ4v) is 3.43. The molecular weight excluding hydrogens is 242 g/mol. The van der Waals surface area contributed by atoms with Gasteiger partial charge in [-0.15, -0.1) is 0 Å². The molecule has 2 aliphatic rings. The number of hydrogen-bond donors (Lipinski definition) is 2. The van der Waals surface area contributed by atoms with Crippen LogP contribution in [-0.2, 0) is 9.59 Å². The molecular formula is C15H25NO3. The molecule has 0 unspecified atom stereocenters. The molecule has 0 spiro atoms. The third-order valence-electron chi connectivity index (χ3n) is 4.70. The second-order valence-electron chi connectivity index (χ2n) is 6.13. The molecule has 0 heterocycles. The van der Waals surface area contributed by atoms with Crippen molar-refractivity contribution in [1.29, 1.82) is 0 Å². The first-order valence-electron chi connectivity index (χ1n) is 7.69. The third-order valence-corrected chi connectivity index (χ3v) is 4.70. The minimum Gasteiger partial charge on any atom is -0.480 e. The minimum atomic E-state index is -0.973. The predicted octanol–water partition coefficient (Wildman–Crippen LogP) is 2.86. The van der Waals surface area contributed by atoms with Crippen molar-refractivity contribution in [3.63, 3.8) is 0 Å². The van der Waals surface area contributed by atoms with Crippen molar-refractivity contribution in [2.75, 3.05) is 0 Å². The van der Waals surface area contributed by atoms with Gasteiger partial charge in [0.25, 0.3) is 0 Å². The lowest BCUT2D eigenvalue weighted by molar-refractivity contribution is -0.148. The Morgan fingerprint density at radius 3 is 1.95 bits per heavy atom. The van der Waals surface area contributed by atoms with Gasteiger partial charge < -0.3 is 10.4 Å². The molecule has 0 atom stereocenters. The van der Waals surface area contributed by atoms with Gasteiger partial charge in [0.15, 0.2) is 0 Å². The van der Waals surface area contributed by atoms with E-state index in [0.717, 1.165) is 38.5 Å². The third kappa shape index (κ3) is 3.48. The maximum Gasteiger partial charge on any atom is 0.329 e. The lowest BCUT2D eigenvalue weighted by atomic mass is 9.89. The summed E-state index contributed by atoms with van der Waals surface area (Å²) in [5, 5.41) is 12.3. The Morgan fingerprint density at radius 1 is 0.895 bits per heavy atom. The van der Waals surface area contributed by atoms with Crippen LogP contribution >= 0.6 is 0 Å². The summed E-state index contributed by atoms with van der Waals surface area (Å²) in [5.74, 6) is -0.854. The highest BCUT2D eigenvalue weighted by Crippen LogP contribution is 2.31. The zero-order valence-corrected chi connectivity index (χ0v) is 11.6. The number of rotatable bonds is 3. The molecule has 0 aromatic heterocycles. The molecule has 0 bridgehead atoms. The van der Waals surface area contributed by atoms with Gasteiger partial charge in [0, 0.05) is 5.92 Å². The maximum absolute atomic E-state index is 12.4. The summed E-state index contributed by atoms with van der Waals surface area (Å²) in [6.45, 7) is 0. The van der Waals surface area contributed by atoms with E-state index in [1.807, 2.05) is 0 Å². The highest BCUT2D eigenvalue weighted by Gasteiger charge is 2.43. The summed E-state index contributed by atoms with van der Waals surface area (Å²) in [4.78, 5) is 23.8. The number of aliphatic carboxylic acids is 1. The molecule has 2 aliphatic carbocycles. The highest BCUT2D eigenvalue weighted by molar-refractivity contribution is 5.88. The zero-order chi connectivity index (χ0) is 13.7. The zero-order valence-electron chi connectivity index (χ0n) is 11.6. The van der Waals surface area contributed by atoms with Crippen molar-refractivity contribution in [2.45, 2.75) is 76.2 Å². The summed E-state index contributed by atoms with van der Waals surface area (Å²) < 4.78 is 0. The van der Waals surface area contributed by atoms with Gasteiger partial charge in [-0.25, -0.2) is 4.79 Å². The van der Waals surface area contributed by atoms with Crippen LogP contribution in [0.15, 0.2) is 0 Å². The minimum absolute atomic E-state index is 0.0220. The van der Waals surface area contributed by atoms with Crippen LogP contribution in [0.2, 0.25) is 0 Å².